The summed E-state index contributed by atoms with van der Waals surface area (Å²) in [6.45, 7) is 0. The van der Waals surface area contributed by atoms with Gasteiger partial charge in [-0.15, -0.1) is 0 Å². The second-order valence-corrected chi connectivity index (χ2v) is 9.63. The molecule has 2 amide bonds. The predicted molar refractivity (Wildman–Crippen MR) is 139 cm³/mol. The molecule has 1 aromatic carbocycles. The van der Waals surface area contributed by atoms with Gasteiger partial charge in [-0.1, -0.05) is 62.8 Å². The second kappa shape index (κ2) is 11.8. The summed E-state index contributed by atoms with van der Waals surface area (Å²) in [5, 5.41) is 6.21. The second-order valence-electron chi connectivity index (χ2n) is 9.63. The highest BCUT2D eigenvalue weighted by atomic mass is 16.2. The molecule has 1 aromatic rings. The number of hydrogen-bond acceptors (Lipinski definition) is 4. The van der Waals surface area contributed by atoms with Crippen molar-refractivity contribution in [1.82, 2.24) is 5.32 Å². The minimum absolute atomic E-state index is 0.0247. The molecule has 6 nitrogen and oxygen atoms in total. The van der Waals surface area contributed by atoms with E-state index in [1.807, 2.05) is 36.4 Å². The third-order valence-electron chi connectivity index (χ3n) is 6.98. The quantitative estimate of drug-likeness (QED) is 0.372. The number of aliphatic imine (C=N–C) groups is 1. The molecular formula is C28H36N4O2. The maximum Gasteiger partial charge on any atom is 0.247 e. The Morgan fingerprint density at radius 1 is 0.971 bits per heavy atom. The summed E-state index contributed by atoms with van der Waals surface area (Å²) in [6.07, 6.45) is 21.3. The summed E-state index contributed by atoms with van der Waals surface area (Å²) in [4.78, 5) is 29.8. The van der Waals surface area contributed by atoms with Gasteiger partial charge in [-0.05, 0) is 55.9 Å². The number of allylic oxidation sites excluding steroid dienone is 5. The van der Waals surface area contributed by atoms with Crippen LogP contribution in [-0.4, -0.2) is 24.1 Å². The van der Waals surface area contributed by atoms with Crippen molar-refractivity contribution in [2.75, 3.05) is 11.1 Å². The van der Waals surface area contributed by atoms with Crippen LogP contribution in [0.1, 0.15) is 70.6 Å². The third kappa shape index (κ3) is 6.69. The maximum atomic E-state index is 12.7. The molecule has 0 radical (unpaired) electrons. The highest BCUT2D eigenvalue weighted by Gasteiger charge is 2.21. The van der Waals surface area contributed by atoms with Crippen LogP contribution in [0.3, 0.4) is 0 Å². The summed E-state index contributed by atoms with van der Waals surface area (Å²) in [7, 11) is 0. The summed E-state index contributed by atoms with van der Waals surface area (Å²) >= 11 is 0. The van der Waals surface area contributed by atoms with Gasteiger partial charge < -0.3 is 16.4 Å². The average Bonchev–Trinajstić information content (AvgIpc) is 3.11. The van der Waals surface area contributed by atoms with Crippen LogP contribution in [-0.2, 0) is 9.59 Å². The smallest absolute Gasteiger partial charge is 0.247 e. The Hall–Kier alpha value is -3.15. The molecule has 180 valence electrons. The van der Waals surface area contributed by atoms with E-state index in [9.17, 15) is 9.59 Å². The molecule has 0 aliphatic heterocycles. The first-order valence-corrected chi connectivity index (χ1v) is 12.7. The van der Waals surface area contributed by atoms with Gasteiger partial charge in [0, 0.05) is 29.4 Å². The summed E-state index contributed by atoms with van der Waals surface area (Å²) in [6, 6.07) is 5.70. The first-order valence-electron chi connectivity index (χ1n) is 12.7. The number of nitrogens with one attached hydrogen (secondary N) is 2. The molecule has 0 bridgehead atoms. The largest absolute Gasteiger partial charge is 0.397 e. The van der Waals surface area contributed by atoms with Crippen molar-refractivity contribution >= 4 is 35.1 Å². The topological polar surface area (TPSA) is 96.6 Å². The SMILES string of the molecule is Nc1ccc(NC(=O)C2CCCCC2)cc1N=CC1=CC=C(C(=O)NC2CCCCC2)CC=C1. The van der Waals surface area contributed by atoms with Crippen LogP contribution in [0.5, 0.6) is 0 Å². The number of carbonyl (C=O) groups is 2. The molecule has 0 aromatic heterocycles. The lowest BCUT2D eigenvalue weighted by atomic mass is 9.88. The van der Waals surface area contributed by atoms with E-state index < -0.39 is 0 Å². The Kier molecular flexibility index (Phi) is 8.34. The number of nitrogens with zero attached hydrogens (tertiary/aromatic N) is 1. The number of nitrogens with two attached hydrogens (primary N) is 1. The minimum Gasteiger partial charge on any atom is -0.397 e. The first-order chi connectivity index (χ1) is 16.6. The molecule has 2 saturated carbocycles. The molecule has 3 aliphatic rings. The Morgan fingerprint density at radius 2 is 1.71 bits per heavy atom. The fraction of sp³-hybridized carbons (Fsp3) is 0.464. The average molecular weight is 461 g/mol. The number of hydrogen-bond donors (Lipinski definition) is 3. The van der Waals surface area contributed by atoms with Gasteiger partial charge in [-0.25, -0.2) is 0 Å². The summed E-state index contributed by atoms with van der Waals surface area (Å²) in [5.41, 5.74) is 9.65. The van der Waals surface area contributed by atoms with Gasteiger partial charge >= 0.3 is 0 Å². The van der Waals surface area contributed by atoms with Crippen LogP contribution in [0.25, 0.3) is 0 Å². The van der Waals surface area contributed by atoms with E-state index in [0.29, 0.717) is 29.5 Å². The van der Waals surface area contributed by atoms with Gasteiger partial charge in [-0.2, -0.15) is 0 Å². The molecule has 2 fully saturated rings. The van der Waals surface area contributed by atoms with Gasteiger partial charge in [0.1, 0.15) is 0 Å². The number of rotatable bonds is 6. The van der Waals surface area contributed by atoms with Crippen LogP contribution in [0, 0.1) is 5.92 Å². The van der Waals surface area contributed by atoms with Gasteiger partial charge in [0.25, 0.3) is 0 Å². The van der Waals surface area contributed by atoms with E-state index in [0.717, 1.165) is 49.7 Å². The van der Waals surface area contributed by atoms with Crippen LogP contribution in [0.15, 0.2) is 58.6 Å². The lowest BCUT2D eigenvalue weighted by molar-refractivity contribution is -0.121. The highest BCUT2D eigenvalue weighted by molar-refractivity contribution is 5.96. The zero-order valence-electron chi connectivity index (χ0n) is 19.9. The van der Waals surface area contributed by atoms with Crippen molar-refractivity contribution in [1.29, 1.82) is 0 Å². The molecule has 4 N–H and O–H groups in total. The van der Waals surface area contributed by atoms with Crippen molar-refractivity contribution in [3.05, 3.63) is 53.6 Å². The van der Waals surface area contributed by atoms with Crippen molar-refractivity contribution in [3.63, 3.8) is 0 Å². The molecule has 0 saturated heterocycles. The van der Waals surface area contributed by atoms with Crippen molar-refractivity contribution < 1.29 is 9.59 Å². The maximum absolute atomic E-state index is 12.7. The van der Waals surface area contributed by atoms with E-state index in [4.69, 9.17) is 5.73 Å². The van der Waals surface area contributed by atoms with Gasteiger partial charge in [0.05, 0.1) is 11.4 Å². The van der Waals surface area contributed by atoms with Gasteiger partial charge in [0.2, 0.25) is 11.8 Å². The van der Waals surface area contributed by atoms with Crippen LogP contribution in [0.2, 0.25) is 0 Å². The van der Waals surface area contributed by atoms with Crippen molar-refractivity contribution in [3.8, 4) is 0 Å². The molecule has 34 heavy (non-hydrogen) atoms. The number of anilines is 2. The van der Waals surface area contributed by atoms with Gasteiger partial charge in [-0.3, -0.25) is 14.6 Å². The zero-order chi connectivity index (χ0) is 23.8. The minimum atomic E-state index is 0.0247. The Balaban J connectivity index is 1.39. The number of nitrogen functional groups attached to an aromatic ring is 1. The highest BCUT2D eigenvalue weighted by Crippen LogP contribution is 2.29. The lowest BCUT2D eigenvalue weighted by Gasteiger charge is -2.23. The monoisotopic (exact) mass is 460 g/mol. The van der Waals surface area contributed by atoms with E-state index in [1.54, 1.807) is 12.3 Å². The van der Waals surface area contributed by atoms with Gasteiger partial charge in [0.15, 0.2) is 0 Å². The predicted octanol–water partition coefficient (Wildman–Crippen LogP) is 5.75. The molecule has 0 spiro atoms. The molecular weight excluding hydrogens is 424 g/mol. The Labute approximate surface area is 202 Å². The Morgan fingerprint density at radius 3 is 2.47 bits per heavy atom. The number of amides is 2. The van der Waals surface area contributed by atoms with Crippen LogP contribution >= 0.6 is 0 Å². The Bertz CT molecular complexity index is 1010. The first kappa shape index (κ1) is 24.0. The van der Waals surface area contributed by atoms with E-state index in [1.165, 1.54) is 25.7 Å². The van der Waals surface area contributed by atoms with E-state index in [-0.39, 0.29) is 17.7 Å². The fourth-order valence-electron chi connectivity index (χ4n) is 4.91. The van der Waals surface area contributed by atoms with E-state index in [2.05, 4.69) is 15.6 Å². The molecule has 0 heterocycles. The van der Waals surface area contributed by atoms with Crippen LogP contribution in [0.4, 0.5) is 17.1 Å². The third-order valence-corrected chi connectivity index (χ3v) is 6.98. The molecule has 0 unspecified atom stereocenters. The molecule has 4 rings (SSSR count). The lowest BCUT2D eigenvalue weighted by Crippen LogP contribution is -2.36. The summed E-state index contributed by atoms with van der Waals surface area (Å²) in [5.74, 6) is 0.199. The molecule has 6 heteroatoms. The van der Waals surface area contributed by atoms with Crippen LogP contribution < -0.4 is 16.4 Å². The number of benzene rings is 1. The molecule has 3 aliphatic carbocycles. The van der Waals surface area contributed by atoms with Crippen molar-refractivity contribution in [2.24, 2.45) is 10.9 Å². The van der Waals surface area contributed by atoms with E-state index >= 15 is 0 Å². The standard InChI is InChI=1S/C28H36N4O2/c29-25-17-16-24(32-27(33)21-9-3-1-4-10-21)18-26(25)30-19-20-8-7-11-22(15-14-20)28(34)31-23-12-5-2-6-13-23/h7-8,14-19,21,23H,1-6,9-13,29H2,(H,31,34)(H,32,33). The summed E-state index contributed by atoms with van der Waals surface area (Å²) < 4.78 is 0. The molecule has 0 atom stereocenters. The normalized spacial score (nSPS) is 19.9. The number of carbonyl (C=O) groups excluding carboxylic acids is 2. The zero-order valence-corrected chi connectivity index (χ0v) is 19.9. The van der Waals surface area contributed by atoms with Crippen molar-refractivity contribution in [2.45, 2.75) is 76.7 Å². The fourth-order valence-corrected chi connectivity index (χ4v) is 4.91.